The number of hydrogen-bond acceptors (Lipinski definition) is 4. The summed E-state index contributed by atoms with van der Waals surface area (Å²) in [6.07, 6.45) is 0.609. The van der Waals surface area contributed by atoms with Crippen LogP contribution in [0.5, 0.6) is 17.2 Å². The number of methoxy groups -OCH3 is 2. The van der Waals surface area contributed by atoms with Crippen LogP contribution in [-0.2, 0) is 11.2 Å². The summed E-state index contributed by atoms with van der Waals surface area (Å²) < 4.78 is 16.5. The highest BCUT2D eigenvalue weighted by Gasteiger charge is 2.29. The number of nitrogens with one attached hydrogen (secondary N) is 1. The molecule has 5 heteroatoms. The first-order chi connectivity index (χ1) is 14.7. The van der Waals surface area contributed by atoms with Crippen molar-refractivity contribution in [3.05, 3.63) is 89.5 Å². The van der Waals surface area contributed by atoms with Gasteiger partial charge in [0.15, 0.2) is 0 Å². The molecule has 0 spiro atoms. The van der Waals surface area contributed by atoms with E-state index in [0.29, 0.717) is 13.0 Å². The third kappa shape index (κ3) is 4.25. The fraction of sp³-hybridized carbons (Fsp3) is 0.240. The molecule has 1 amide bonds. The van der Waals surface area contributed by atoms with Gasteiger partial charge in [0, 0.05) is 0 Å². The minimum absolute atomic E-state index is 0.0415. The summed E-state index contributed by atoms with van der Waals surface area (Å²) in [7, 11) is 3.27. The third-order valence-corrected chi connectivity index (χ3v) is 5.39. The summed E-state index contributed by atoms with van der Waals surface area (Å²) in [4.78, 5) is 13.2. The van der Waals surface area contributed by atoms with Gasteiger partial charge in [-0.25, -0.2) is 0 Å². The molecule has 30 heavy (non-hydrogen) atoms. The van der Waals surface area contributed by atoms with E-state index in [9.17, 15) is 4.79 Å². The maximum atomic E-state index is 13.2. The number of carbonyl (C=O) groups is 1. The quantitative estimate of drug-likeness (QED) is 0.671. The highest BCUT2D eigenvalue weighted by molar-refractivity contribution is 5.80. The zero-order valence-electron chi connectivity index (χ0n) is 17.1. The standard InChI is InChI=1S/C25H25NO4/c1-28-21-10-6-9-18(14-21)24(17-7-4-3-5-8-17)26-25(27)20-13-19-15-22(29-2)11-12-23(19)30-16-20/h3-12,14-15,20,24H,13,16H2,1-2H3,(H,26,27)/t20-,24+/m1/s1. The van der Waals surface area contributed by atoms with Crippen molar-refractivity contribution in [3.8, 4) is 17.2 Å². The normalized spacial score (nSPS) is 16.0. The summed E-state index contributed by atoms with van der Waals surface area (Å²) in [5.41, 5.74) is 2.96. The third-order valence-electron chi connectivity index (χ3n) is 5.39. The van der Waals surface area contributed by atoms with E-state index in [-0.39, 0.29) is 17.9 Å². The van der Waals surface area contributed by atoms with E-state index in [1.54, 1.807) is 14.2 Å². The molecule has 0 fully saturated rings. The zero-order valence-corrected chi connectivity index (χ0v) is 17.1. The van der Waals surface area contributed by atoms with Gasteiger partial charge in [-0.15, -0.1) is 0 Å². The SMILES string of the molecule is COc1cccc([C@@H](NC(=O)[C@H]2COc3ccc(OC)cc3C2)c2ccccc2)c1. The summed E-state index contributed by atoms with van der Waals surface area (Å²) >= 11 is 0. The summed E-state index contributed by atoms with van der Waals surface area (Å²) in [5.74, 6) is 2.01. The van der Waals surface area contributed by atoms with Gasteiger partial charge in [-0.3, -0.25) is 4.79 Å². The van der Waals surface area contributed by atoms with E-state index in [1.807, 2.05) is 72.8 Å². The molecule has 0 saturated heterocycles. The second-order valence-electron chi connectivity index (χ2n) is 7.31. The first kappa shape index (κ1) is 19.8. The molecular formula is C25H25NO4. The lowest BCUT2D eigenvalue weighted by Crippen LogP contribution is -2.39. The van der Waals surface area contributed by atoms with Crippen LogP contribution < -0.4 is 19.5 Å². The first-order valence-corrected chi connectivity index (χ1v) is 9.97. The Morgan fingerprint density at radius 2 is 1.67 bits per heavy atom. The smallest absolute Gasteiger partial charge is 0.227 e. The topological polar surface area (TPSA) is 56.8 Å². The van der Waals surface area contributed by atoms with Crippen LogP contribution in [0.2, 0.25) is 0 Å². The van der Waals surface area contributed by atoms with Crippen molar-refractivity contribution in [1.82, 2.24) is 5.32 Å². The molecule has 5 nitrogen and oxygen atoms in total. The van der Waals surface area contributed by atoms with Crippen molar-refractivity contribution >= 4 is 5.91 Å². The molecule has 1 heterocycles. The average Bonchev–Trinajstić information content (AvgIpc) is 2.82. The molecular weight excluding hydrogens is 378 g/mol. The molecule has 3 aromatic rings. The van der Waals surface area contributed by atoms with E-state index < -0.39 is 0 Å². The summed E-state index contributed by atoms with van der Waals surface area (Å²) in [6, 6.07) is 23.1. The van der Waals surface area contributed by atoms with Crippen molar-refractivity contribution < 1.29 is 19.0 Å². The lowest BCUT2D eigenvalue weighted by atomic mass is 9.93. The fourth-order valence-electron chi connectivity index (χ4n) is 3.75. The lowest BCUT2D eigenvalue weighted by Gasteiger charge is -2.27. The maximum absolute atomic E-state index is 13.2. The molecule has 0 aromatic heterocycles. The minimum atomic E-state index is -0.277. The molecule has 1 aliphatic heterocycles. The Morgan fingerprint density at radius 3 is 2.43 bits per heavy atom. The van der Waals surface area contributed by atoms with Crippen LogP contribution in [0, 0.1) is 5.92 Å². The Bertz CT molecular complexity index is 1020. The van der Waals surface area contributed by atoms with Crippen LogP contribution in [-0.4, -0.2) is 26.7 Å². The maximum Gasteiger partial charge on any atom is 0.227 e. The Balaban J connectivity index is 1.57. The van der Waals surface area contributed by atoms with Crippen LogP contribution in [0.1, 0.15) is 22.7 Å². The Labute approximate surface area is 176 Å². The number of fused-ring (bicyclic) bond motifs is 1. The minimum Gasteiger partial charge on any atom is -0.497 e. The van der Waals surface area contributed by atoms with Crippen molar-refractivity contribution in [2.75, 3.05) is 20.8 Å². The van der Waals surface area contributed by atoms with Gasteiger partial charge < -0.3 is 19.5 Å². The van der Waals surface area contributed by atoms with Crippen LogP contribution in [0.25, 0.3) is 0 Å². The Morgan fingerprint density at radius 1 is 0.933 bits per heavy atom. The van der Waals surface area contributed by atoms with E-state index >= 15 is 0 Å². The molecule has 0 bridgehead atoms. The van der Waals surface area contributed by atoms with Gasteiger partial charge in [0.1, 0.15) is 23.9 Å². The number of carbonyl (C=O) groups excluding carboxylic acids is 1. The molecule has 2 atom stereocenters. The Kier molecular flexibility index (Phi) is 5.89. The zero-order chi connectivity index (χ0) is 20.9. The predicted molar refractivity (Wildman–Crippen MR) is 115 cm³/mol. The van der Waals surface area contributed by atoms with Gasteiger partial charge in [-0.1, -0.05) is 42.5 Å². The van der Waals surface area contributed by atoms with Crippen LogP contribution in [0.4, 0.5) is 0 Å². The summed E-state index contributed by atoms with van der Waals surface area (Å²) in [6.45, 7) is 0.352. The molecule has 0 saturated carbocycles. The van der Waals surface area contributed by atoms with E-state index in [2.05, 4.69) is 5.32 Å². The van der Waals surface area contributed by atoms with Crippen LogP contribution >= 0.6 is 0 Å². The van der Waals surface area contributed by atoms with Gasteiger partial charge in [-0.2, -0.15) is 0 Å². The van der Waals surface area contributed by atoms with Gasteiger partial charge in [0.2, 0.25) is 5.91 Å². The van der Waals surface area contributed by atoms with Crippen molar-refractivity contribution in [3.63, 3.8) is 0 Å². The monoisotopic (exact) mass is 403 g/mol. The van der Waals surface area contributed by atoms with Gasteiger partial charge >= 0.3 is 0 Å². The number of ether oxygens (including phenoxy) is 3. The van der Waals surface area contributed by atoms with Crippen molar-refractivity contribution in [1.29, 1.82) is 0 Å². The van der Waals surface area contributed by atoms with Gasteiger partial charge in [0.25, 0.3) is 0 Å². The molecule has 0 radical (unpaired) electrons. The van der Waals surface area contributed by atoms with Crippen molar-refractivity contribution in [2.45, 2.75) is 12.5 Å². The van der Waals surface area contributed by atoms with E-state index in [1.165, 1.54) is 0 Å². The molecule has 1 N–H and O–H groups in total. The molecule has 0 unspecified atom stereocenters. The van der Waals surface area contributed by atoms with Gasteiger partial charge in [0.05, 0.1) is 26.2 Å². The number of hydrogen-bond donors (Lipinski definition) is 1. The largest absolute Gasteiger partial charge is 0.497 e. The summed E-state index contributed by atoms with van der Waals surface area (Å²) in [5, 5.41) is 3.22. The molecule has 1 aliphatic rings. The molecule has 4 rings (SSSR count). The molecule has 3 aromatic carbocycles. The Hall–Kier alpha value is -3.47. The molecule has 0 aliphatic carbocycles. The number of amides is 1. The lowest BCUT2D eigenvalue weighted by molar-refractivity contribution is -0.126. The number of benzene rings is 3. The van der Waals surface area contributed by atoms with Crippen LogP contribution in [0.3, 0.4) is 0 Å². The van der Waals surface area contributed by atoms with E-state index in [4.69, 9.17) is 14.2 Å². The first-order valence-electron chi connectivity index (χ1n) is 9.97. The predicted octanol–water partition coefficient (Wildman–Crippen LogP) is 4.16. The average molecular weight is 403 g/mol. The number of rotatable bonds is 6. The second-order valence-corrected chi connectivity index (χ2v) is 7.31. The van der Waals surface area contributed by atoms with Crippen LogP contribution in [0.15, 0.2) is 72.8 Å². The fourth-order valence-corrected chi connectivity index (χ4v) is 3.75. The van der Waals surface area contributed by atoms with E-state index in [0.717, 1.165) is 33.9 Å². The van der Waals surface area contributed by atoms with Crippen molar-refractivity contribution in [2.24, 2.45) is 5.92 Å². The second kappa shape index (κ2) is 8.91. The van der Waals surface area contributed by atoms with Gasteiger partial charge in [-0.05, 0) is 53.4 Å². The highest BCUT2D eigenvalue weighted by atomic mass is 16.5. The molecule has 154 valence electrons. The highest BCUT2D eigenvalue weighted by Crippen LogP contribution is 2.32.